The molecule has 6 nitrogen and oxygen atoms in total. The summed E-state index contributed by atoms with van der Waals surface area (Å²) in [6.45, 7) is 10.5. The van der Waals surface area contributed by atoms with Crippen LogP contribution >= 0.6 is 0 Å². The summed E-state index contributed by atoms with van der Waals surface area (Å²) in [6, 6.07) is 0.999. The molecule has 26 heavy (non-hydrogen) atoms. The molecule has 0 aromatic heterocycles. The summed E-state index contributed by atoms with van der Waals surface area (Å²) in [5.41, 5.74) is 0.224. The molecular weight excluding hydrogens is 330 g/mol. The lowest BCUT2D eigenvalue weighted by Crippen LogP contribution is -2.62. The second kappa shape index (κ2) is 7.75. The molecule has 0 aromatic carbocycles. The Morgan fingerprint density at radius 1 is 1.19 bits per heavy atom. The van der Waals surface area contributed by atoms with Crippen molar-refractivity contribution in [1.82, 2.24) is 14.7 Å². The Hall–Kier alpha value is -1.30. The van der Waals surface area contributed by atoms with Gasteiger partial charge in [-0.1, -0.05) is 20.3 Å². The number of hydrogen-bond donors (Lipinski definition) is 1. The first-order valence-electron chi connectivity index (χ1n) is 10.4. The van der Waals surface area contributed by atoms with E-state index >= 15 is 0 Å². The van der Waals surface area contributed by atoms with Gasteiger partial charge in [-0.3, -0.25) is 9.69 Å². The minimum Gasteiger partial charge on any atom is -0.465 e. The number of piperidine rings is 1. The van der Waals surface area contributed by atoms with Crippen LogP contribution in [0.25, 0.3) is 0 Å². The molecule has 2 heterocycles. The molecule has 2 aliphatic heterocycles. The van der Waals surface area contributed by atoms with Crippen molar-refractivity contribution in [3.63, 3.8) is 0 Å². The first-order valence-corrected chi connectivity index (χ1v) is 10.4. The monoisotopic (exact) mass is 365 g/mol. The number of carbonyl (C=O) groups is 2. The lowest BCUT2D eigenvalue weighted by molar-refractivity contribution is -0.133. The van der Waals surface area contributed by atoms with Gasteiger partial charge in [-0.25, -0.2) is 4.79 Å². The molecule has 0 radical (unpaired) electrons. The molecule has 3 rings (SSSR count). The summed E-state index contributed by atoms with van der Waals surface area (Å²) >= 11 is 0. The van der Waals surface area contributed by atoms with Crippen LogP contribution in [0.5, 0.6) is 0 Å². The lowest BCUT2D eigenvalue weighted by atomic mass is 9.54. The van der Waals surface area contributed by atoms with Crippen LogP contribution in [0, 0.1) is 11.3 Å². The molecule has 3 atom stereocenters. The van der Waals surface area contributed by atoms with E-state index in [1.807, 2.05) is 0 Å². The fourth-order valence-corrected chi connectivity index (χ4v) is 5.94. The predicted octanol–water partition coefficient (Wildman–Crippen LogP) is 2.88. The van der Waals surface area contributed by atoms with Gasteiger partial charge in [0.15, 0.2) is 0 Å². The van der Waals surface area contributed by atoms with E-state index in [-0.39, 0.29) is 11.3 Å². The van der Waals surface area contributed by atoms with Crippen LogP contribution in [0.4, 0.5) is 4.79 Å². The Labute approximate surface area is 157 Å². The van der Waals surface area contributed by atoms with E-state index < -0.39 is 6.09 Å². The normalized spacial score (nSPS) is 32.7. The van der Waals surface area contributed by atoms with Crippen LogP contribution in [-0.2, 0) is 4.79 Å². The molecule has 3 fully saturated rings. The Kier molecular flexibility index (Phi) is 5.80. The second-order valence-electron chi connectivity index (χ2n) is 8.58. The van der Waals surface area contributed by atoms with Gasteiger partial charge < -0.3 is 14.9 Å². The Balaban J connectivity index is 1.56. The highest BCUT2D eigenvalue weighted by Gasteiger charge is 2.57. The molecule has 2 amide bonds. The number of amides is 2. The van der Waals surface area contributed by atoms with Crippen LogP contribution in [0.1, 0.15) is 59.3 Å². The molecule has 3 unspecified atom stereocenters. The zero-order valence-electron chi connectivity index (χ0n) is 16.6. The van der Waals surface area contributed by atoms with E-state index in [1.165, 1.54) is 0 Å². The number of likely N-dealkylation sites (tertiary alicyclic amines) is 2. The number of carboxylic acid groups (broad SMARTS) is 1. The Morgan fingerprint density at radius 2 is 1.88 bits per heavy atom. The van der Waals surface area contributed by atoms with Crippen molar-refractivity contribution >= 4 is 12.0 Å². The number of hydrogen-bond acceptors (Lipinski definition) is 3. The maximum atomic E-state index is 11.9. The molecule has 1 N–H and O–H groups in total. The van der Waals surface area contributed by atoms with Crippen molar-refractivity contribution in [2.45, 2.75) is 71.4 Å². The molecule has 0 aromatic rings. The second-order valence-corrected chi connectivity index (χ2v) is 8.58. The average Bonchev–Trinajstić information content (AvgIpc) is 3.06. The maximum Gasteiger partial charge on any atom is 0.407 e. The van der Waals surface area contributed by atoms with Crippen LogP contribution in [-0.4, -0.2) is 76.6 Å². The standard InChI is InChI=1S/C20H35N3O3/c1-4-9-23(15(3)24)16-6-10-21(11-7-16)18-13-20(17(18)5-2)8-12-22(14-20)19(25)26/h16-18H,4-14H2,1-3H3,(H,25,26). The lowest BCUT2D eigenvalue weighted by Gasteiger charge is -2.58. The topological polar surface area (TPSA) is 64.1 Å². The Morgan fingerprint density at radius 3 is 2.38 bits per heavy atom. The average molecular weight is 366 g/mol. The molecular formula is C20H35N3O3. The van der Waals surface area contributed by atoms with Crippen molar-refractivity contribution in [2.75, 3.05) is 32.7 Å². The third-order valence-electron chi connectivity index (χ3n) is 7.24. The third-order valence-corrected chi connectivity index (χ3v) is 7.24. The maximum absolute atomic E-state index is 11.9. The zero-order chi connectivity index (χ0) is 18.9. The quantitative estimate of drug-likeness (QED) is 0.814. The fourth-order valence-electron chi connectivity index (χ4n) is 5.94. The molecule has 3 aliphatic rings. The highest BCUT2D eigenvalue weighted by Crippen LogP contribution is 2.56. The van der Waals surface area contributed by atoms with Crippen molar-refractivity contribution in [2.24, 2.45) is 11.3 Å². The van der Waals surface area contributed by atoms with E-state index in [0.29, 0.717) is 24.5 Å². The van der Waals surface area contributed by atoms with Gasteiger partial charge in [-0.2, -0.15) is 0 Å². The summed E-state index contributed by atoms with van der Waals surface area (Å²) < 4.78 is 0. The van der Waals surface area contributed by atoms with Gasteiger partial charge in [0.05, 0.1) is 0 Å². The van der Waals surface area contributed by atoms with Gasteiger partial charge in [-0.15, -0.1) is 0 Å². The fraction of sp³-hybridized carbons (Fsp3) is 0.900. The van der Waals surface area contributed by atoms with E-state index in [1.54, 1.807) is 11.8 Å². The van der Waals surface area contributed by atoms with Crippen molar-refractivity contribution in [1.29, 1.82) is 0 Å². The van der Waals surface area contributed by atoms with Crippen LogP contribution < -0.4 is 0 Å². The highest BCUT2D eigenvalue weighted by atomic mass is 16.4. The third kappa shape index (κ3) is 3.45. The summed E-state index contributed by atoms with van der Waals surface area (Å²) in [6.07, 6.45) is 5.70. The predicted molar refractivity (Wildman–Crippen MR) is 101 cm³/mol. The molecule has 6 heteroatoms. The first kappa shape index (κ1) is 19.5. The smallest absolute Gasteiger partial charge is 0.407 e. The van der Waals surface area contributed by atoms with Gasteiger partial charge in [0.25, 0.3) is 0 Å². The van der Waals surface area contributed by atoms with Crippen molar-refractivity contribution in [3.05, 3.63) is 0 Å². The largest absolute Gasteiger partial charge is 0.465 e. The summed E-state index contributed by atoms with van der Waals surface area (Å²) in [5, 5.41) is 9.29. The molecule has 1 saturated carbocycles. The van der Waals surface area contributed by atoms with Gasteiger partial charge in [0.1, 0.15) is 0 Å². The molecule has 1 aliphatic carbocycles. The van der Waals surface area contributed by atoms with E-state index in [4.69, 9.17) is 0 Å². The number of rotatable bonds is 5. The van der Waals surface area contributed by atoms with E-state index in [0.717, 1.165) is 64.7 Å². The van der Waals surface area contributed by atoms with Crippen molar-refractivity contribution in [3.8, 4) is 0 Å². The Bertz CT molecular complexity index is 532. The minimum absolute atomic E-state index is 0.207. The van der Waals surface area contributed by atoms with Gasteiger partial charge in [0.2, 0.25) is 5.91 Å². The zero-order valence-corrected chi connectivity index (χ0v) is 16.6. The van der Waals surface area contributed by atoms with Crippen LogP contribution in [0.2, 0.25) is 0 Å². The molecule has 148 valence electrons. The van der Waals surface area contributed by atoms with Crippen LogP contribution in [0.3, 0.4) is 0 Å². The van der Waals surface area contributed by atoms with Gasteiger partial charge in [-0.05, 0) is 43.4 Å². The van der Waals surface area contributed by atoms with Crippen LogP contribution in [0.15, 0.2) is 0 Å². The number of carbonyl (C=O) groups excluding carboxylic acids is 1. The molecule has 0 bridgehead atoms. The molecule has 2 saturated heterocycles. The minimum atomic E-state index is -0.763. The summed E-state index contributed by atoms with van der Waals surface area (Å²) in [4.78, 5) is 29.5. The van der Waals surface area contributed by atoms with E-state index in [9.17, 15) is 14.7 Å². The highest BCUT2D eigenvalue weighted by molar-refractivity contribution is 5.73. The molecule has 1 spiro atoms. The number of nitrogens with zero attached hydrogens (tertiary/aromatic N) is 3. The van der Waals surface area contributed by atoms with Gasteiger partial charge >= 0.3 is 6.09 Å². The SMILES string of the molecule is CCCN(C(C)=O)C1CCN(C2CC3(CCN(C(=O)O)C3)C2CC)CC1. The first-order chi connectivity index (χ1) is 12.4. The summed E-state index contributed by atoms with van der Waals surface area (Å²) in [5.74, 6) is 0.821. The summed E-state index contributed by atoms with van der Waals surface area (Å²) in [7, 11) is 0. The van der Waals surface area contributed by atoms with E-state index in [2.05, 4.69) is 23.6 Å². The van der Waals surface area contributed by atoms with Crippen molar-refractivity contribution < 1.29 is 14.7 Å². The van der Waals surface area contributed by atoms with Gasteiger partial charge in [0, 0.05) is 51.7 Å².